The zero-order valence-electron chi connectivity index (χ0n) is 7.31. The third-order valence-electron chi connectivity index (χ3n) is 1.52. The Morgan fingerprint density at radius 1 is 1.00 bits per heavy atom. The second-order valence-corrected chi connectivity index (χ2v) is 3.47. The number of nitrogens with two attached hydrogens (primary N) is 1. The van der Waals surface area contributed by atoms with Gasteiger partial charge in [0.15, 0.2) is 11.8 Å². The molecule has 14 heavy (non-hydrogen) atoms. The van der Waals surface area contributed by atoms with E-state index in [1.54, 1.807) is 24.5 Å². The summed E-state index contributed by atoms with van der Waals surface area (Å²) in [6.45, 7) is 0. The van der Waals surface area contributed by atoms with Crippen LogP contribution in [0.15, 0.2) is 36.7 Å². The van der Waals surface area contributed by atoms with Crippen LogP contribution in [0.4, 0.5) is 0 Å². The van der Waals surface area contributed by atoms with Crippen LogP contribution < -0.4 is 14.6 Å². The molecule has 0 fully saturated rings. The SMILES string of the molecule is NP(Oc1ccc[nH]1)Oc1ccc[nH]1. The van der Waals surface area contributed by atoms with Crippen LogP contribution in [0.3, 0.4) is 0 Å². The number of aromatic nitrogens is 2. The molecule has 0 aliphatic carbocycles. The van der Waals surface area contributed by atoms with Crippen LogP contribution in [-0.2, 0) is 0 Å². The lowest BCUT2D eigenvalue weighted by Gasteiger charge is -2.10. The smallest absolute Gasteiger partial charge is 0.381 e. The number of aromatic amines is 2. The Hall–Kier alpha value is -1.45. The van der Waals surface area contributed by atoms with Crippen molar-refractivity contribution in [1.82, 2.24) is 9.97 Å². The molecule has 0 unspecified atom stereocenters. The maximum Gasteiger partial charge on any atom is 0.381 e. The number of hydrogen-bond donors (Lipinski definition) is 3. The normalized spacial score (nSPS) is 10.4. The molecule has 0 saturated carbocycles. The standard InChI is InChI=1S/C8H10N3O2P/c9-14(12-7-3-1-5-10-7)13-8-4-2-6-11-8/h1-6,10-11H,9H2. The lowest BCUT2D eigenvalue weighted by Crippen LogP contribution is -2.03. The fourth-order valence-electron chi connectivity index (χ4n) is 0.954. The third kappa shape index (κ3) is 2.28. The van der Waals surface area contributed by atoms with Crippen molar-refractivity contribution in [3.05, 3.63) is 36.7 Å². The minimum atomic E-state index is -1.44. The Kier molecular flexibility index (Phi) is 2.72. The molecule has 2 aromatic rings. The summed E-state index contributed by atoms with van der Waals surface area (Å²) < 4.78 is 10.5. The van der Waals surface area contributed by atoms with Gasteiger partial charge in [0.2, 0.25) is 0 Å². The van der Waals surface area contributed by atoms with Crippen molar-refractivity contribution in [1.29, 1.82) is 0 Å². The second-order valence-electron chi connectivity index (χ2n) is 2.54. The molecule has 74 valence electrons. The van der Waals surface area contributed by atoms with Gasteiger partial charge in [-0.25, -0.2) is 5.50 Å². The van der Waals surface area contributed by atoms with E-state index in [-0.39, 0.29) is 0 Å². The van der Waals surface area contributed by atoms with Crippen LogP contribution in [0.1, 0.15) is 0 Å². The quantitative estimate of drug-likeness (QED) is 0.677. The Balaban J connectivity index is 1.88. The minimum Gasteiger partial charge on any atom is -0.411 e. The number of nitrogens with one attached hydrogen (secondary N) is 2. The summed E-state index contributed by atoms with van der Waals surface area (Å²) in [6.07, 6.45) is 3.51. The summed E-state index contributed by atoms with van der Waals surface area (Å²) >= 11 is 0. The average molecular weight is 211 g/mol. The highest BCUT2D eigenvalue weighted by molar-refractivity contribution is 7.45. The molecule has 6 heteroatoms. The zero-order valence-corrected chi connectivity index (χ0v) is 8.20. The summed E-state index contributed by atoms with van der Waals surface area (Å²) in [6, 6.07) is 7.21. The maximum atomic E-state index is 5.64. The highest BCUT2D eigenvalue weighted by Gasteiger charge is 2.09. The van der Waals surface area contributed by atoms with E-state index in [0.717, 1.165) is 0 Å². The van der Waals surface area contributed by atoms with Crippen LogP contribution >= 0.6 is 8.53 Å². The fraction of sp³-hybridized carbons (Fsp3) is 0. The summed E-state index contributed by atoms with van der Waals surface area (Å²) in [5.74, 6) is 1.20. The van der Waals surface area contributed by atoms with Gasteiger partial charge in [-0.2, -0.15) is 0 Å². The van der Waals surface area contributed by atoms with Crippen LogP contribution in [0, 0.1) is 0 Å². The minimum absolute atomic E-state index is 0.602. The highest BCUT2D eigenvalue weighted by atomic mass is 31.2. The highest BCUT2D eigenvalue weighted by Crippen LogP contribution is 2.31. The Morgan fingerprint density at radius 2 is 1.50 bits per heavy atom. The molecular formula is C8H10N3O2P. The van der Waals surface area contributed by atoms with Gasteiger partial charge in [0.05, 0.1) is 0 Å². The molecule has 4 N–H and O–H groups in total. The van der Waals surface area contributed by atoms with Gasteiger partial charge in [-0.1, -0.05) is 0 Å². The molecule has 2 rings (SSSR count). The van der Waals surface area contributed by atoms with E-state index in [1.165, 1.54) is 0 Å². The molecule has 2 heterocycles. The van der Waals surface area contributed by atoms with E-state index in [0.29, 0.717) is 11.8 Å². The molecule has 0 aliphatic rings. The number of rotatable bonds is 4. The Labute approximate surface area is 82.2 Å². The summed E-state index contributed by atoms with van der Waals surface area (Å²) in [5.41, 5.74) is 5.64. The molecule has 0 aliphatic heterocycles. The Bertz CT molecular complexity index is 324. The van der Waals surface area contributed by atoms with Crippen molar-refractivity contribution in [3.63, 3.8) is 0 Å². The summed E-state index contributed by atoms with van der Waals surface area (Å²) in [7, 11) is -1.44. The van der Waals surface area contributed by atoms with Gasteiger partial charge in [-0.05, 0) is 12.1 Å². The molecule has 0 radical (unpaired) electrons. The molecule has 0 saturated heterocycles. The van der Waals surface area contributed by atoms with Crippen molar-refractivity contribution < 1.29 is 9.05 Å². The first-order valence-electron chi connectivity index (χ1n) is 4.02. The van der Waals surface area contributed by atoms with Gasteiger partial charge < -0.3 is 19.0 Å². The van der Waals surface area contributed by atoms with E-state index >= 15 is 0 Å². The Morgan fingerprint density at radius 3 is 1.86 bits per heavy atom. The lowest BCUT2D eigenvalue weighted by atomic mass is 10.7. The fourth-order valence-corrected chi connectivity index (χ4v) is 1.61. The lowest BCUT2D eigenvalue weighted by molar-refractivity contribution is 0.473. The van der Waals surface area contributed by atoms with Gasteiger partial charge in [0.1, 0.15) is 0 Å². The first kappa shape index (κ1) is 9.12. The molecule has 0 spiro atoms. The van der Waals surface area contributed by atoms with Crippen LogP contribution in [0.5, 0.6) is 11.8 Å². The first-order chi connectivity index (χ1) is 6.84. The topological polar surface area (TPSA) is 76.1 Å². The molecule has 0 bridgehead atoms. The van der Waals surface area contributed by atoms with Gasteiger partial charge in [0.25, 0.3) is 0 Å². The molecule has 0 atom stereocenters. The van der Waals surface area contributed by atoms with E-state index < -0.39 is 8.53 Å². The van der Waals surface area contributed by atoms with E-state index in [9.17, 15) is 0 Å². The van der Waals surface area contributed by atoms with Gasteiger partial charge in [-0.15, -0.1) is 0 Å². The van der Waals surface area contributed by atoms with Gasteiger partial charge in [0, 0.05) is 24.5 Å². The second kappa shape index (κ2) is 4.17. The van der Waals surface area contributed by atoms with Crippen LogP contribution in [-0.4, -0.2) is 9.97 Å². The van der Waals surface area contributed by atoms with Crippen LogP contribution in [0.2, 0.25) is 0 Å². The monoisotopic (exact) mass is 211 g/mol. The van der Waals surface area contributed by atoms with Crippen molar-refractivity contribution in [2.45, 2.75) is 0 Å². The summed E-state index contributed by atoms with van der Waals surface area (Å²) in [5, 5.41) is 0. The van der Waals surface area contributed by atoms with Gasteiger partial charge in [-0.3, -0.25) is 0 Å². The van der Waals surface area contributed by atoms with Crippen molar-refractivity contribution in [2.24, 2.45) is 5.50 Å². The summed E-state index contributed by atoms with van der Waals surface area (Å²) in [4.78, 5) is 5.74. The van der Waals surface area contributed by atoms with E-state index in [2.05, 4.69) is 9.97 Å². The third-order valence-corrected chi connectivity index (χ3v) is 2.27. The van der Waals surface area contributed by atoms with Crippen molar-refractivity contribution in [2.75, 3.05) is 0 Å². The van der Waals surface area contributed by atoms with Crippen molar-refractivity contribution >= 4 is 8.53 Å². The molecular weight excluding hydrogens is 201 g/mol. The predicted molar refractivity (Wildman–Crippen MR) is 53.9 cm³/mol. The maximum absolute atomic E-state index is 5.64. The van der Waals surface area contributed by atoms with E-state index in [1.807, 2.05) is 12.1 Å². The number of H-pyrrole nitrogens is 2. The van der Waals surface area contributed by atoms with Crippen LogP contribution in [0.25, 0.3) is 0 Å². The molecule has 0 amide bonds. The molecule has 5 nitrogen and oxygen atoms in total. The average Bonchev–Trinajstić information content (AvgIpc) is 2.76. The zero-order chi connectivity index (χ0) is 9.80. The predicted octanol–water partition coefficient (Wildman–Crippen LogP) is 1.99. The van der Waals surface area contributed by atoms with Crippen molar-refractivity contribution in [3.8, 4) is 11.8 Å². The molecule has 0 aromatic carbocycles. The van der Waals surface area contributed by atoms with E-state index in [4.69, 9.17) is 14.6 Å². The number of hydrogen-bond acceptors (Lipinski definition) is 3. The first-order valence-corrected chi connectivity index (χ1v) is 5.27. The molecule has 2 aromatic heterocycles. The van der Waals surface area contributed by atoms with Gasteiger partial charge >= 0.3 is 8.53 Å². The largest absolute Gasteiger partial charge is 0.411 e.